The number of anilines is 1. The number of ether oxygens (including phenoxy) is 1. The van der Waals surface area contributed by atoms with E-state index in [0.29, 0.717) is 34.7 Å². The number of halogens is 1. The highest BCUT2D eigenvalue weighted by Crippen LogP contribution is 2.23. The van der Waals surface area contributed by atoms with Crippen LogP contribution in [0.5, 0.6) is 5.75 Å². The van der Waals surface area contributed by atoms with Gasteiger partial charge in [-0.2, -0.15) is 9.67 Å². The first-order valence-corrected chi connectivity index (χ1v) is 10.1. The lowest BCUT2D eigenvalue weighted by molar-refractivity contribution is 0.0944. The average molecular weight is 433 g/mol. The van der Waals surface area contributed by atoms with E-state index in [1.165, 1.54) is 11.8 Å². The third-order valence-corrected chi connectivity index (χ3v) is 5.06. The van der Waals surface area contributed by atoms with Gasteiger partial charge in [0.05, 0.1) is 12.7 Å². The minimum absolute atomic E-state index is 0.332. The largest absolute Gasteiger partial charge is 0.496 e. The number of hydrogen-bond donors (Lipinski definition) is 1. The highest BCUT2D eigenvalue weighted by Gasteiger charge is 2.21. The molecule has 0 unspecified atom stereocenters. The van der Waals surface area contributed by atoms with Crippen LogP contribution in [0, 0.1) is 6.92 Å². The van der Waals surface area contributed by atoms with Gasteiger partial charge < -0.3 is 10.1 Å². The SMILES string of the molecule is COc1ccccc1C(=O)n1nc(-c2ccc(C)cc2)nc1NCc1ccc(Cl)cc1. The Balaban J connectivity index is 1.71. The molecule has 4 aromatic rings. The summed E-state index contributed by atoms with van der Waals surface area (Å²) in [5, 5.41) is 8.39. The molecule has 7 heteroatoms. The molecule has 31 heavy (non-hydrogen) atoms. The lowest BCUT2D eigenvalue weighted by Gasteiger charge is -2.10. The number of carbonyl (C=O) groups excluding carboxylic acids is 1. The van der Waals surface area contributed by atoms with E-state index in [4.69, 9.17) is 16.3 Å². The molecule has 1 N–H and O–H groups in total. The predicted octanol–water partition coefficient (Wildman–Crippen LogP) is 5.22. The van der Waals surface area contributed by atoms with Crippen molar-refractivity contribution in [3.05, 3.63) is 94.5 Å². The molecule has 0 aliphatic heterocycles. The highest BCUT2D eigenvalue weighted by molar-refractivity contribution is 6.30. The van der Waals surface area contributed by atoms with E-state index < -0.39 is 0 Å². The summed E-state index contributed by atoms with van der Waals surface area (Å²) in [6.07, 6.45) is 0. The number of benzene rings is 3. The summed E-state index contributed by atoms with van der Waals surface area (Å²) in [6.45, 7) is 2.47. The Hall–Kier alpha value is -3.64. The maximum Gasteiger partial charge on any atom is 0.285 e. The van der Waals surface area contributed by atoms with Crippen molar-refractivity contribution in [3.8, 4) is 17.1 Å². The Kier molecular flexibility index (Phi) is 6.00. The van der Waals surface area contributed by atoms with E-state index in [1.807, 2.05) is 61.5 Å². The molecular formula is C24H21ClN4O2. The van der Waals surface area contributed by atoms with Gasteiger partial charge in [-0.15, -0.1) is 5.10 Å². The number of nitrogens with one attached hydrogen (secondary N) is 1. The number of rotatable bonds is 6. The van der Waals surface area contributed by atoms with Crippen LogP contribution in [-0.2, 0) is 6.54 Å². The van der Waals surface area contributed by atoms with Gasteiger partial charge in [0.2, 0.25) is 5.95 Å². The monoisotopic (exact) mass is 432 g/mol. The smallest absolute Gasteiger partial charge is 0.285 e. The number of aryl methyl sites for hydroxylation is 1. The molecule has 0 bridgehead atoms. The van der Waals surface area contributed by atoms with Crippen molar-refractivity contribution in [2.45, 2.75) is 13.5 Å². The van der Waals surface area contributed by atoms with Gasteiger partial charge in [-0.05, 0) is 36.8 Å². The van der Waals surface area contributed by atoms with E-state index >= 15 is 0 Å². The molecule has 3 aromatic carbocycles. The van der Waals surface area contributed by atoms with Crippen LogP contribution in [0.4, 0.5) is 5.95 Å². The van der Waals surface area contributed by atoms with Gasteiger partial charge in [0.1, 0.15) is 5.75 Å². The molecule has 0 spiro atoms. The first-order chi connectivity index (χ1) is 15.0. The zero-order chi connectivity index (χ0) is 21.8. The molecule has 0 fully saturated rings. The second-order valence-electron chi connectivity index (χ2n) is 7.02. The minimum atomic E-state index is -0.332. The molecular weight excluding hydrogens is 412 g/mol. The first kappa shape index (κ1) is 20.6. The summed E-state index contributed by atoms with van der Waals surface area (Å²) < 4.78 is 6.64. The first-order valence-electron chi connectivity index (χ1n) is 9.75. The Bertz CT molecular complexity index is 1200. The van der Waals surface area contributed by atoms with E-state index in [-0.39, 0.29) is 5.91 Å². The minimum Gasteiger partial charge on any atom is -0.496 e. The van der Waals surface area contributed by atoms with Crippen LogP contribution in [0.15, 0.2) is 72.8 Å². The molecule has 0 saturated heterocycles. The molecule has 0 atom stereocenters. The van der Waals surface area contributed by atoms with Gasteiger partial charge in [0.25, 0.3) is 5.91 Å². The Labute approximate surface area is 185 Å². The topological polar surface area (TPSA) is 69.0 Å². The second-order valence-corrected chi connectivity index (χ2v) is 7.46. The van der Waals surface area contributed by atoms with Crippen molar-refractivity contribution in [3.63, 3.8) is 0 Å². The fourth-order valence-corrected chi connectivity index (χ4v) is 3.24. The van der Waals surface area contributed by atoms with E-state index in [2.05, 4.69) is 15.4 Å². The Morgan fingerprint density at radius 3 is 2.45 bits per heavy atom. The third kappa shape index (κ3) is 4.59. The van der Waals surface area contributed by atoms with Crippen LogP contribution in [0.3, 0.4) is 0 Å². The lowest BCUT2D eigenvalue weighted by atomic mass is 10.1. The molecule has 0 aliphatic rings. The van der Waals surface area contributed by atoms with Gasteiger partial charge in [0.15, 0.2) is 5.82 Å². The van der Waals surface area contributed by atoms with Crippen LogP contribution in [-0.4, -0.2) is 27.8 Å². The van der Waals surface area contributed by atoms with Crippen molar-refractivity contribution in [2.75, 3.05) is 12.4 Å². The quantitative estimate of drug-likeness (QED) is 0.452. The molecule has 1 aromatic heterocycles. The van der Waals surface area contributed by atoms with Gasteiger partial charge in [-0.1, -0.05) is 65.7 Å². The van der Waals surface area contributed by atoms with Crippen molar-refractivity contribution < 1.29 is 9.53 Å². The number of nitrogens with zero attached hydrogens (tertiary/aromatic N) is 3. The summed E-state index contributed by atoms with van der Waals surface area (Å²) in [5.74, 6) is 0.953. The highest BCUT2D eigenvalue weighted by atomic mass is 35.5. The van der Waals surface area contributed by atoms with Crippen LogP contribution in [0.1, 0.15) is 21.5 Å². The summed E-state index contributed by atoms with van der Waals surface area (Å²) in [6, 6.07) is 22.4. The average Bonchev–Trinajstić information content (AvgIpc) is 3.23. The van der Waals surface area contributed by atoms with Gasteiger partial charge in [-0.25, -0.2) is 0 Å². The molecule has 1 heterocycles. The Morgan fingerprint density at radius 1 is 1.03 bits per heavy atom. The van der Waals surface area contributed by atoms with Crippen LogP contribution in [0.2, 0.25) is 5.02 Å². The van der Waals surface area contributed by atoms with Gasteiger partial charge in [-0.3, -0.25) is 4.79 Å². The molecule has 0 saturated carbocycles. The summed E-state index contributed by atoms with van der Waals surface area (Å²) in [5.41, 5.74) is 3.36. The molecule has 0 radical (unpaired) electrons. The number of para-hydroxylation sites is 1. The van der Waals surface area contributed by atoms with Crippen molar-refractivity contribution in [1.82, 2.24) is 14.8 Å². The van der Waals surface area contributed by atoms with Crippen LogP contribution >= 0.6 is 11.6 Å². The summed E-state index contributed by atoms with van der Waals surface area (Å²) in [7, 11) is 1.53. The van der Waals surface area contributed by atoms with Crippen molar-refractivity contribution in [1.29, 1.82) is 0 Å². The third-order valence-electron chi connectivity index (χ3n) is 4.81. The molecule has 0 aliphatic carbocycles. The number of aromatic nitrogens is 3. The molecule has 4 rings (SSSR count). The molecule has 6 nitrogen and oxygen atoms in total. The standard InChI is InChI=1S/C24H21ClN4O2/c1-16-7-11-18(12-8-16)22-27-24(26-15-17-9-13-19(25)14-10-17)29(28-22)23(30)20-5-3-4-6-21(20)31-2/h3-14H,15H2,1-2H3,(H,26,27,28). The van der Waals surface area contributed by atoms with E-state index in [9.17, 15) is 4.79 Å². The zero-order valence-electron chi connectivity index (χ0n) is 17.2. The maximum atomic E-state index is 13.3. The fraction of sp³-hybridized carbons (Fsp3) is 0.125. The van der Waals surface area contributed by atoms with Gasteiger partial charge in [0, 0.05) is 17.1 Å². The number of carbonyl (C=O) groups is 1. The lowest BCUT2D eigenvalue weighted by Crippen LogP contribution is -2.18. The van der Waals surface area contributed by atoms with E-state index in [1.54, 1.807) is 18.2 Å². The van der Waals surface area contributed by atoms with Crippen LogP contribution < -0.4 is 10.1 Å². The number of hydrogen-bond acceptors (Lipinski definition) is 5. The van der Waals surface area contributed by atoms with Crippen molar-refractivity contribution in [2.24, 2.45) is 0 Å². The molecule has 156 valence electrons. The number of methoxy groups -OCH3 is 1. The second kappa shape index (κ2) is 9.02. The normalized spacial score (nSPS) is 10.7. The van der Waals surface area contributed by atoms with Crippen molar-refractivity contribution >= 4 is 23.5 Å². The fourth-order valence-electron chi connectivity index (χ4n) is 3.11. The predicted molar refractivity (Wildman–Crippen MR) is 122 cm³/mol. The zero-order valence-corrected chi connectivity index (χ0v) is 17.9. The van der Waals surface area contributed by atoms with Crippen LogP contribution in [0.25, 0.3) is 11.4 Å². The summed E-state index contributed by atoms with van der Waals surface area (Å²) >= 11 is 5.97. The van der Waals surface area contributed by atoms with Gasteiger partial charge >= 0.3 is 0 Å². The molecule has 0 amide bonds. The summed E-state index contributed by atoms with van der Waals surface area (Å²) in [4.78, 5) is 17.9. The Morgan fingerprint density at radius 2 is 1.74 bits per heavy atom. The van der Waals surface area contributed by atoms with E-state index in [0.717, 1.165) is 16.7 Å². The maximum absolute atomic E-state index is 13.3.